The number of hydrogen-bond donors (Lipinski definition) is 0. The minimum atomic E-state index is -0.738. The molecule has 1 aromatic carbocycles. The van der Waals surface area contributed by atoms with E-state index in [1.807, 2.05) is 19.1 Å². The van der Waals surface area contributed by atoms with Gasteiger partial charge in [0.1, 0.15) is 5.70 Å². The zero-order valence-corrected chi connectivity index (χ0v) is 11.8. The summed E-state index contributed by atoms with van der Waals surface area (Å²) in [7, 11) is 1.22. The molecule has 0 radical (unpaired) electrons. The molecule has 110 valence electrons. The third-order valence-electron chi connectivity index (χ3n) is 3.12. The molecule has 7 heteroatoms. The predicted molar refractivity (Wildman–Crippen MR) is 74.8 cm³/mol. The van der Waals surface area contributed by atoms with Crippen molar-refractivity contribution in [1.82, 2.24) is 0 Å². The summed E-state index contributed by atoms with van der Waals surface area (Å²) in [5.41, 5.74) is 9.93. The number of benzene rings is 1. The standard InChI is InChI=1S/C14H15N3O4/c1-14(20-7-8-21-14)11-5-3-10(4-6-11)9-12(16-17-15)13(18)19-2/h3-6,9H,7-8H2,1-2H3/b12-9-. The fourth-order valence-electron chi connectivity index (χ4n) is 2.00. The molecule has 0 saturated carbocycles. The lowest BCUT2D eigenvalue weighted by molar-refractivity contribution is -0.149. The highest BCUT2D eigenvalue weighted by atomic mass is 16.7. The third-order valence-corrected chi connectivity index (χ3v) is 3.12. The van der Waals surface area contributed by atoms with Crippen molar-refractivity contribution in [2.75, 3.05) is 20.3 Å². The molecule has 21 heavy (non-hydrogen) atoms. The van der Waals surface area contributed by atoms with E-state index in [4.69, 9.17) is 15.0 Å². The molecule has 2 rings (SSSR count). The second-order valence-electron chi connectivity index (χ2n) is 4.48. The van der Waals surface area contributed by atoms with Gasteiger partial charge < -0.3 is 14.2 Å². The van der Waals surface area contributed by atoms with E-state index in [0.29, 0.717) is 18.8 Å². The average Bonchev–Trinajstić information content (AvgIpc) is 2.94. The van der Waals surface area contributed by atoms with Crippen molar-refractivity contribution in [3.8, 4) is 0 Å². The molecule has 1 heterocycles. The number of carbonyl (C=O) groups is 1. The maximum absolute atomic E-state index is 11.4. The van der Waals surface area contributed by atoms with E-state index >= 15 is 0 Å². The van der Waals surface area contributed by atoms with Gasteiger partial charge in [-0.3, -0.25) is 0 Å². The number of ether oxygens (including phenoxy) is 3. The fourth-order valence-corrected chi connectivity index (χ4v) is 2.00. The van der Waals surface area contributed by atoms with Crippen LogP contribution in [0.5, 0.6) is 0 Å². The van der Waals surface area contributed by atoms with Gasteiger partial charge in [0.2, 0.25) is 0 Å². The molecule has 0 aliphatic carbocycles. The lowest BCUT2D eigenvalue weighted by atomic mass is 10.0. The van der Waals surface area contributed by atoms with Gasteiger partial charge in [0.05, 0.1) is 20.3 Å². The Morgan fingerprint density at radius 3 is 2.52 bits per heavy atom. The highest BCUT2D eigenvalue weighted by Crippen LogP contribution is 2.30. The highest BCUT2D eigenvalue weighted by molar-refractivity contribution is 5.93. The minimum absolute atomic E-state index is 0.104. The summed E-state index contributed by atoms with van der Waals surface area (Å²) in [4.78, 5) is 14.0. The zero-order chi connectivity index (χ0) is 15.3. The van der Waals surface area contributed by atoms with Gasteiger partial charge >= 0.3 is 5.97 Å². The Labute approximate surface area is 121 Å². The second kappa shape index (κ2) is 6.41. The average molecular weight is 289 g/mol. The van der Waals surface area contributed by atoms with Crippen LogP contribution in [0.4, 0.5) is 0 Å². The number of azide groups is 1. The summed E-state index contributed by atoms with van der Waals surface area (Å²) in [6, 6.07) is 7.23. The van der Waals surface area contributed by atoms with E-state index < -0.39 is 11.8 Å². The summed E-state index contributed by atoms with van der Waals surface area (Å²) in [6.45, 7) is 2.97. The molecule has 1 aliphatic heterocycles. The quantitative estimate of drug-likeness (QED) is 0.280. The molecule has 7 nitrogen and oxygen atoms in total. The number of hydrogen-bond acceptors (Lipinski definition) is 5. The van der Waals surface area contributed by atoms with Crippen LogP contribution in [0.15, 0.2) is 35.1 Å². The molecule has 1 aromatic rings. The van der Waals surface area contributed by atoms with Gasteiger partial charge in [-0.2, -0.15) is 0 Å². The Kier molecular flexibility index (Phi) is 4.59. The Balaban J connectivity index is 2.25. The van der Waals surface area contributed by atoms with Gasteiger partial charge in [-0.15, -0.1) is 0 Å². The van der Waals surface area contributed by atoms with Crippen molar-refractivity contribution in [2.45, 2.75) is 12.7 Å². The molecule has 1 aliphatic rings. The van der Waals surface area contributed by atoms with Crippen molar-refractivity contribution >= 4 is 12.0 Å². The van der Waals surface area contributed by atoms with Crippen LogP contribution in [0.1, 0.15) is 18.1 Å². The van der Waals surface area contributed by atoms with Crippen LogP contribution in [0, 0.1) is 0 Å². The Bertz CT molecular complexity index is 597. The SMILES string of the molecule is COC(=O)/C(=C/c1ccc(C2(C)OCCO2)cc1)N=[N+]=[N-]. The first-order valence-corrected chi connectivity index (χ1v) is 6.32. The Morgan fingerprint density at radius 2 is 2.00 bits per heavy atom. The van der Waals surface area contributed by atoms with Crippen LogP contribution in [0.2, 0.25) is 0 Å². The van der Waals surface area contributed by atoms with Gasteiger partial charge in [-0.25, -0.2) is 4.79 Å². The number of rotatable bonds is 4. The molecule has 0 N–H and O–H groups in total. The molecular weight excluding hydrogens is 274 g/mol. The summed E-state index contributed by atoms with van der Waals surface area (Å²) in [6.07, 6.45) is 1.45. The lowest BCUT2D eigenvalue weighted by Crippen LogP contribution is -2.22. The minimum Gasteiger partial charge on any atom is -0.466 e. The van der Waals surface area contributed by atoms with Crippen LogP contribution in [-0.2, 0) is 24.8 Å². The van der Waals surface area contributed by atoms with Crippen LogP contribution < -0.4 is 0 Å². The third kappa shape index (κ3) is 3.41. The van der Waals surface area contributed by atoms with E-state index in [1.54, 1.807) is 12.1 Å². The van der Waals surface area contributed by atoms with Gasteiger partial charge in [-0.05, 0) is 24.1 Å². The molecule has 0 aromatic heterocycles. The van der Waals surface area contributed by atoms with Crippen molar-refractivity contribution in [2.24, 2.45) is 5.11 Å². The molecule has 0 unspecified atom stereocenters. The first-order chi connectivity index (χ1) is 10.1. The number of carbonyl (C=O) groups excluding carboxylic acids is 1. The van der Waals surface area contributed by atoms with Gasteiger partial charge in [0.15, 0.2) is 5.79 Å². The van der Waals surface area contributed by atoms with Crippen LogP contribution in [0.3, 0.4) is 0 Å². The summed E-state index contributed by atoms with van der Waals surface area (Å²) in [5, 5.41) is 3.32. The smallest absolute Gasteiger partial charge is 0.340 e. The van der Waals surface area contributed by atoms with Crippen LogP contribution in [0.25, 0.3) is 16.5 Å². The van der Waals surface area contributed by atoms with Gasteiger partial charge in [0, 0.05) is 10.5 Å². The van der Waals surface area contributed by atoms with Crippen molar-refractivity contribution < 1.29 is 19.0 Å². The monoisotopic (exact) mass is 289 g/mol. The van der Waals surface area contributed by atoms with Crippen LogP contribution >= 0.6 is 0 Å². The fraction of sp³-hybridized carbons (Fsp3) is 0.357. The van der Waals surface area contributed by atoms with E-state index in [2.05, 4.69) is 14.8 Å². The molecule has 0 spiro atoms. The van der Waals surface area contributed by atoms with Crippen molar-refractivity contribution in [3.05, 3.63) is 51.5 Å². The summed E-state index contributed by atoms with van der Waals surface area (Å²) in [5.74, 6) is -1.43. The zero-order valence-electron chi connectivity index (χ0n) is 11.8. The normalized spacial score (nSPS) is 17.1. The molecule has 0 amide bonds. The van der Waals surface area contributed by atoms with E-state index in [0.717, 1.165) is 5.56 Å². The number of esters is 1. The Hall–Kier alpha value is -2.34. The molecule has 1 saturated heterocycles. The first-order valence-electron chi connectivity index (χ1n) is 6.32. The van der Waals surface area contributed by atoms with Crippen LogP contribution in [-0.4, -0.2) is 26.3 Å². The topological polar surface area (TPSA) is 93.5 Å². The summed E-state index contributed by atoms with van der Waals surface area (Å²) < 4.78 is 15.7. The van der Waals surface area contributed by atoms with Gasteiger partial charge in [-0.1, -0.05) is 29.4 Å². The maximum Gasteiger partial charge on any atom is 0.340 e. The molecular formula is C14H15N3O4. The highest BCUT2D eigenvalue weighted by Gasteiger charge is 2.32. The van der Waals surface area contributed by atoms with Crippen molar-refractivity contribution in [1.29, 1.82) is 0 Å². The van der Waals surface area contributed by atoms with E-state index in [1.165, 1.54) is 13.2 Å². The van der Waals surface area contributed by atoms with Gasteiger partial charge in [0.25, 0.3) is 0 Å². The first kappa shape index (κ1) is 15.1. The van der Waals surface area contributed by atoms with E-state index in [9.17, 15) is 4.79 Å². The number of methoxy groups -OCH3 is 1. The predicted octanol–water partition coefficient (Wildman–Crippen LogP) is 2.73. The lowest BCUT2D eigenvalue weighted by Gasteiger charge is -2.22. The van der Waals surface area contributed by atoms with E-state index in [-0.39, 0.29) is 5.70 Å². The second-order valence-corrected chi connectivity index (χ2v) is 4.48. The molecule has 1 fully saturated rings. The summed E-state index contributed by atoms with van der Waals surface area (Å²) >= 11 is 0. The molecule has 0 atom stereocenters. The molecule has 0 bridgehead atoms. The number of nitrogens with zero attached hydrogens (tertiary/aromatic N) is 3. The largest absolute Gasteiger partial charge is 0.466 e. The Morgan fingerprint density at radius 1 is 1.38 bits per heavy atom. The maximum atomic E-state index is 11.4. The van der Waals surface area contributed by atoms with Crippen molar-refractivity contribution in [3.63, 3.8) is 0 Å².